The Hall–Kier alpha value is -0.845. The van der Waals surface area contributed by atoms with Crippen molar-refractivity contribution < 1.29 is 9.31 Å². The van der Waals surface area contributed by atoms with Gasteiger partial charge in [-0.25, -0.2) is 4.98 Å². The highest BCUT2D eigenvalue weighted by Crippen LogP contribution is 2.38. The number of imidazole rings is 1. The van der Waals surface area contributed by atoms with Crippen LogP contribution in [0.4, 0.5) is 0 Å². The Morgan fingerprint density at radius 2 is 1.64 bits per heavy atom. The first kappa shape index (κ1) is 16.0. The average molecular weight is 320 g/mol. The molecule has 0 radical (unpaired) electrons. The summed E-state index contributed by atoms with van der Waals surface area (Å²) in [6.07, 6.45) is 0. The molecule has 1 aliphatic heterocycles. The van der Waals surface area contributed by atoms with Crippen molar-refractivity contribution in [3.63, 3.8) is 0 Å². The molecule has 0 aromatic carbocycles. The SMILES string of the molecule is Cc1c(B2OC(C)(C)C(C)(C)O2)sc2c1nc(C)n2C(C)C. The first-order valence-electron chi connectivity index (χ1n) is 7.88. The summed E-state index contributed by atoms with van der Waals surface area (Å²) in [4.78, 5) is 5.98. The molecule has 1 aliphatic rings. The van der Waals surface area contributed by atoms with Gasteiger partial charge in [-0.3, -0.25) is 0 Å². The van der Waals surface area contributed by atoms with E-state index in [1.54, 1.807) is 11.3 Å². The second-order valence-electron chi connectivity index (χ2n) is 7.46. The van der Waals surface area contributed by atoms with Gasteiger partial charge in [-0.1, -0.05) is 0 Å². The zero-order valence-corrected chi connectivity index (χ0v) is 15.6. The molecule has 0 saturated carbocycles. The second-order valence-corrected chi connectivity index (χ2v) is 8.49. The lowest BCUT2D eigenvalue weighted by Crippen LogP contribution is -2.41. The molecule has 22 heavy (non-hydrogen) atoms. The molecule has 2 aromatic rings. The molecule has 4 nitrogen and oxygen atoms in total. The second kappa shape index (κ2) is 4.82. The topological polar surface area (TPSA) is 36.3 Å². The van der Waals surface area contributed by atoms with Gasteiger partial charge in [0.2, 0.25) is 0 Å². The van der Waals surface area contributed by atoms with Crippen molar-refractivity contribution >= 4 is 33.6 Å². The third-order valence-electron chi connectivity index (χ3n) is 4.96. The standard InChI is InChI=1S/C16H25BN2O2S/c1-9(2)19-11(4)18-12-10(3)13(22-14(12)19)17-20-15(5,6)16(7,8)21-17/h9H,1-8H3. The van der Waals surface area contributed by atoms with Crippen molar-refractivity contribution in [1.82, 2.24) is 9.55 Å². The Labute approximate surface area is 137 Å². The van der Waals surface area contributed by atoms with Crippen LogP contribution in [0.2, 0.25) is 0 Å². The molecule has 0 bridgehead atoms. The number of rotatable bonds is 2. The van der Waals surface area contributed by atoms with Crippen molar-refractivity contribution in [2.45, 2.75) is 72.6 Å². The molecular formula is C16H25BN2O2S. The molecule has 2 aromatic heterocycles. The number of hydrogen-bond donors (Lipinski definition) is 0. The Balaban J connectivity index is 2.09. The lowest BCUT2D eigenvalue weighted by Gasteiger charge is -2.32. The first-order chi connectivity index (χ1) is 10.0. The minimum atomic E-state index is -0.310. The highest BCUT2D eigenvalue weighted by Gasteiger charge is 2.52. The van der Waals surface area contributed by atoms with Gasteiger partial charge in [0.15, 0.2) is 0 Å². The van der Waals surface area contributed by atoms with E-state index in [4.69, 9.17) is 14.3 Å². The van der Waals surface area contributed by atoms with Crippen LogP contribution in [-0.4, -0.2) is 27.9 Å². The number of nitrogens with zero attached hydrogens (tertiary/aromatic N) is 2. The molecular weight excluding hydrogens is 295 g/mol. The van der Waals surface area contributed by atoms with Crippen LogP contribution in [0.1, 0.15) is 59.0 Å². The molecule has 1 fully saturated rings. The van der Waals surface area contributed by atoms with E-state index in [0.29, 0.717) is 6.04 Å². The Morgan fingerprint density at radius 1 is 1.09 bits per heavy atom. The van der Waals surface area contributed by atoms with Crippen LogP contribution in [0, 0.1) is 13.8 Å². The summed E-state index contributed by atoms with van der Waals surface area (Å²) in [6, 6.07) is 0.397. The fraction of sp³-hybridized carbons (Fsp3) is 0.688. The lowest BCUT2D eigenvalue weighted by molar-refractivity contribution is 0.00578. The summed E-state index contributed by atoms with van der Waals surface area (Å²) in [5.74, 6) is 1.07. The third-order valence-corrected chi connectivity index (χ3v) is 6.26. The fourth-order valence-corrected chi connectivity index (χ4v) is 4.33. The van der Waals surface area contributed by atoms with Crippen LogP contribution in [0.3, 0.4) is 0 Å². The number of aryl methyl sites for hydroxylation is 2. The Morgan fingerprint density at radius 3 is 2.14 bits per heavy atom. The number of aromatic nitrogens is 2. The van der Waals surface area contributed by atoms with Crippen LogP contribution in [0.5, 0.6) is 0 Å². The van der Waals surface area contributed by atoms with Gasteiger partial charge in [0.1, 0.15) is 16.2 Å². The monoisotopic (exact) mass is 320 g/mol. The summed E-state index contributed by atoms with van der Waals surface area (Å²) in [5, 5.41) is 0. The van der Waals surface area contributed by atoms with Crippen molar-refractivity contribution in [3.05, 3.63) is 11.4 Å². The Bertz CT molecular complexity index is 714. The van der Waals surface area contributed by atoms with Crippen LogP contribution < -0.4 is 4.78 Å². The summed E-state index contributed by atoms with van der Waals surface area (Å²) in [5.41, 5.74) is 1.65. The molecule has 1 saturated heterocycles. The minimum absolute atomic E-state index is 0.301. The summed E-state index contributed by atoms with van der Waals surface area (Å²) in [6.45, 7) is 16.9. The number of thiophene rings is 1. The Kier molecular flexibility index (Phi) is 3.51. The normalized spacial score (nSPS) is 20.5. The average Bonchev–Trinajstić information content (AvgIpc) is 2.90. The third kappa shape index (κ3) is 2.15. The van der Waals surface area contributed by atoms with E-state index in [1.807, 2.05) is 0 Å². The highest BCUT2D eigenvalue weighted by atomic mass is 32.1. The van der Waals surface area contributed by atoms with E-state index in [1.165, 1.54) is 10.4 Å². The van der Waals surface area contributed by atoms with Crippen LogP contribution >= 0.6 is 11.3 Å². The highest BCUT2D eigenvalue weighted by molar-refractivity contribution is 7.28. The largest absolute Gasteiger partial charge is 0.505 e. The smallest absolute Gasteiger partial charge is 0.399 e. The minimum Gasteiger partial charge on any atom is -0.399 e. The van der Waals surface area contributed by atoms with Crippen molar-refractivity contribution in [2.24, 2.45) is 0 Å². The van der Waals surface area contributed by atoms with Gasteiger partial charge in [0.05, 0.1) is 11.2 Å². The van der Waals surface area contributed by atoms with Gasteiger partial charge < -0.3 is 13.9 Å². The molecule has 0 atom stereocenters. The van der Waals surface area contributed by atoms with E-state index in [9.17, 15) is 0 Å². The van der Waals surface area contributed by atoms with E-state index < -0.39 is 0 Å². The van der Waals surface area contributed by atoms with Gasteiger partial charge in [0.25, 0.3) is 0 Å². The van der Waals surface area contributed by atoms with E-state index in [-0.39, 0.29) is 18.3 Å². The van der Waals surface area contributed by atoms with Crippen LogP contribution in [0.25, 0.3) is 10.3 Å². The molecule has 120 valence electrons. The van der Waals surface area contributed by atoms with Crippen molar-refractivity contribution in [2.75, 3.05) is 0 Å². The van der Waals surface area contributed by atoms with E-state index >= 15 is 0 Å². The van der Waals surface area contributed by atoms with Gasteiger partial charge in [-0.05, 0) is 61.0 Å². The molecule has 0 N–H and O–H groups in total. The number of fused-ring (bicyclic) bond motifs is 1. The van der Waals surface area contributed by atoms with Gasteiger partial charge in [-0.2, -0.15) is 0 Å². The van der Waals surface area contributed by atoms with Crippen LogP contribution in [0.15, 0.2) is 0 Å². The predicted molar refractivity (Wildman–Crippen MR) is 93.2 cm³/mol. The molecule has 0 spiro atoms. The zero-order chi connectivity index (χ0) is 16.4. The maximum absolute atomic E-state index is 6.21. The summed E-state index contributed by atoms with van der Waals surface area (Å²) in [7, 11) is -0.301. The van der Waals surface area contributed by atoms with Gasteiger partial charge in [0, 0.05) is 10.8 Å². The molecule has 0 unspecified atom stereocenters. The van der Waals surface area contributed by atoms with Gasteiger partial charge >= 0.3 is 7.12 Å². The maximum Gasteiger partial charge on any atom is 0.505 e. The molecule has 0 aliphatic carbocycles. The summed E-state index contributed by atoms with van der Waals surface area (Å²) >= 11 is 1.75. The lowest BCUT2D eigenvalue weighted by atomic mass is 9.85. The zero-order valence-electron chi connectivity index (χ0n) is 14.8. The molecule has 0 amide bonds. The maximum atomic E-state index is 6.21. The van der Waals surface area contributed by atoms with Gasteiger partial charge in [-0.15, -0.1) is 11.3 Å². The predicted octanol–water partition coefficient (Wildman–Crippen LogP) is 3.59. The molecule has 3 heterocycles. The van der Waals surface area contributed by atoms with Crippen molar-refractivity contribution in [3.8, 4) is 0 Å². The fourth-order valence-electron chi connectivity index (χ4n) is 2.95. The van der Waals surface area contributed by atoms with Crippen molar-refractivity contribution in [1.29, 1.82) is 0 Å². The van der Waals surface area contributed by atoms with E-state index in [0.717, 1.165) is 16.1 Å². The number of hydrogen-bond acceptors (Lipinski definition) is 4. The first-order valence-corrected chi connectivity index (χ1v) is 8.70. The quantitative estimate of drug-likeness (QED) is 0.793. The van der Waals surface area contributed by atoms with E-state index in [2.05, 4.69) is 60.0 Å². The molecule has 3 rings (SSSR count). The summed E-state index contributed by atoms with van der Waals surface area (Å²) < 4.78 is 15.9. The van der Waals surface area contributed by atoms with Crippen LogP contribution in [-0.2, 0) is 9.31 Å². The molecule has 6 heteroatoms.